The molecule has 0 aliphatic carbocycles. The van der Waals surface area contributed by atoms with Crippen LogP contribution in [0.2, 0.25) is 0 Å². The number of ketones is 1. The van der Waals surface area contributed by atoms with Gasteiger partial charge in [-0.05, 0) is 60.0 Å². The van der Waals surface area contributed by atoms with Gasteiger partial charge in [0.25, 0.3) is 0 Å². The summed E-state index contributed by atoms with van der Waals surface area (Å²) in [7, 11) is 0. The molecule has 0 spiro atoms. The molecule has 1 aromatic carbocycles. The third-order valence-electron chi connectivity index (χ3n) is 3.27. The lowest BCUT2D eigenvalue weighted by Crippen LogP contribution is -2.37. The van der Waals surface area contributed by atoms with Gasteiger partial charge in [-0.25, -0.2) is 0 Å². The van der Waals surface area contributed by atoms with Crippen LogP contribution in [0.1, 0.15) is 30.1 Å². The van der Waals surface area contributed by atoms with Crippen LogP contribution in [0.4, 0.5) is 0 Å². The van der Waals surface area contributed by atoms with Gasteiger partial charge in [0.05, 0.1) is 6.54 Å². The number of carbonyl (C=O) groups is 1. The van der Waals surface area contributed by atoms with Crippen molar-refractivity contribution < 1.29 is 4.79 Å². The van der Waals surface area contributed by atoms with Gasteiger partial charge in [-0.15, -0.1) is 0 Å². The highest BCUT2D eigenvalue weighted by Gasteiger charge is 2.18. The van der Waals surface area contributed by atoms with E-state index in [4.69, 9.17) is 0 Å². The van der Waals surface area contributed by atoms with Crippen LogP contribution in [-0.2, 0) is 0 Å². The predicted octanol–water partition coefficient (Wildman–Crippen LogP) is 3.21. The van der Waals surface area contributed by atoms with Crippen LogP contribution in [-0.4, -0.2) is 30.3 Å². The molecule has 1 aliphatic heterocycles. The molecule has 0 saturated carbocycles. The second-order valence-electron chi connectivity index (χ2n) is 4.91. The Kier molecular flexibility index (Phi) is 4.56. The van der Waals surface area contributed by atoms with Crippen molar-refractivity contribution in [3.8, 4) is 0 Å². The summed E-state index contributed by atoms with van der Waals surface area (Å²) in [6.07, 6.45) is 2.52. The van der Waals surface area contributed by atoms with E-state index in [1.54, 1.807) is 0 Å². The summed E-state index contributed by atoms with van der Waals surface area (Å²) in [5, 5.41) is 0. The predicted molar refractivity (Wildman–Crippen MR) is 78.3 cm³/mol. The Morgan fingerprint density at radius 2 is 2.12 bits per heavy atom. The van der Waals surface area contributed by atoms with E-state index in [1.807, 2.05) is 24.3 Å². The second kappa shape index (κ2) is 5.96. The first-order valence-corrected chi connectivity index (χ1v) is 7.24. The van der Waals surface area contributed by atoms with E-state index < -0.39 is 0 Å². The summed E-state index contributed by atoms with van der Waals surface area (Å²) < 4.78 is 1.17. The van der Waals surface area contributed by atoms with E-state index >= 15 is 0 Å². The first-order valence-electron chi connectivity index (χ1n) is 6.16. The highest BCUT2D eigenvalue weighted by molar-refractivity contribution is 14.1. The highest BCUT2D eigenvalue weighted by atomic mass is 127. The minimum atomic E-state index is 0.246. The maximum atomic E-state index is 12.1. The molecule has 0 N–H and O–H groups in total. The third kappa shape index (κ3) is 3.78. The molecule has 1 unspecified atom stereocenters. The van der Waals surface area contributed by atoms with Crippen molar-refractivity contribution in [3.63, 3.8) is 0 Å². The molecule has 1 heterocycles. The molecule has 92 valence electrons. The summed E-state index contributed by atoms with van der Waals surface area (Å²) in [6, 6.07) is 7.84. The Hall–Kier alpha value is -0.420. The number of rotatable bonds is 3. The molecule has 1 aliphatic rings. The Labute approximate surface area is 117 Å². The van der Waals surface area contributed by atoms with E-state index in [1.165, 1.54) is 16.4 Å². The number of Topliss-reactive ketones (excluding diaryl/α,β-unsaturated/α-hetero) is 1. The molecule has 1 fully saturated rings. The third-order valence-corrected chi connectivity index (χ3v) is 3.99. The van der Waals surface area contributed by atoms with Crippen molar-refractivity contribution in [1.82, 2.24) is 4.90 Å². The van der Waals surface area contributed by atoms with Crippen LogP contribution < -0.4 is 0 Å². The van der Waals surface area contributed by atoms with Crippen LogP contribution in [0.25, 0.3) is 0 Å². The first-order chi connectivity index (χ1) is 8.15. The summed E-state index contributed by atoms with van der Waals surface area (Å²) >= 11 is 2.26. The van der Waals surface area contributed by atoms with Gasteiger partial charge in [0.15, 0.2) is 5.78 Å². The largest absolute Gasteiger partial charge is 0.296 e. The average Bonchev–Trinajstić information content (AvgIpc) is 2.29. The SMILES string of the molecule is CC1CCCN(CC(=O)c2ccc(I)cc2)C1. The van der Waals surface area contributed by atoms with Crippen molar-refractivity contribution in [1.29, 1.82) is 0 Å². The fraction of sp³-hybridized carbons (Fsp3) is 0.500. The number of piperidine rings is 1. The van der Waals surface area contributed by atoms with Crippen molar-refractivity contribution in [2.45, 2.75) is 19.8 Å². The number of hydrogen-bond acceptors (Lipinski definition) is 2. The fourth-order valence-electron chi connectivity index (χ4n) is 2.36. The maximum Gasteiger partial charge on any atom is 0.176 e. The lowest BCUT2D eigenvalue weighted by Gasteiger charge is -2.30. The Morgan fingerprint density at radius 1 is 1.41 bits per heavy atom. The van der Waals surface area contributed by atoms with Crippen LogP contribution in [0.5, 0.6) is 0 Å². The minimum absolute atomic E-state index is 0.246. The molecule has 1 aromatic rings. The average molecular weight is 343 g/mol. The second-order valence-corrected chi connectivity index (χ2v) is 6.16. The zero-order valence-electron chi connectivity index (χ0n) is 10.2. The highest BCUT2D eigenvalue weighted by Crippen LogP contribution is 2.16. The summed E-state index contributed by atoms with van der Waals surface area (Å²) in [5.74, 6) is 0.976. The zero-order chi connectivity index (χ0) is 12.3. The molecule has 0 amide bonds. The van der Waals surface area contributed by atoms with Gasteiger partial charge < -0.3 is 0 Å². The Morgan fingerprint density at radius 3 is 2.76 bits per heavy atom. The van der Waals surface area contributed by atoms with Crippen molar-refractivity contribution in [2.75, 3.05) is 19.6 Å². The van der Waals surface area contributed by atoms with Gasteiger partial charge >= 0.3 is 0 Å². The van der Waals surface area contributed by atoms with Crippen LogP contribution >= 0.6 is 22.6 Å². The van der Waals surface area contributed by atoms with Gasteiger partial charge in [0, 0.05) is 15.7 Å². The molecular weight excluding hydrogens is 325 g/mol. The number of halogens is 1. The van der Waals surface area contributed by atoms with E-state index in [0.29, 0.717) is 6.54 Å². The molecule has 0 bridgehead atoms. The number of carbonyl (C=O) groups excluding carboxylic acids is 1. The zero-order valence-corrected chi connectivity index (χ0v) is 12.3. The van der Waals surface area contributed by atoms with Gasteiger partial charge in [0.2, 0.25) is 0 Å². The van der Waals surface area contributed by atoms with Gasteiger partial charge in [-0.1, -0.05) is 19.1 Å². The van der Waals surface area contributed by atoms with E-state index in [2.05, 4.69) is 34.4 Å². The van der Waals surface area contributed by atoms with Crippen LogP contribution in [0.3, 0.4) is 0 Å². The van der Waals surface area contributed by atoms with Gasteiger partial charge in [-0.2, -0.15) is 0 Å². The molecule has 3 heteroatoms. The molecule has 1 atom stereocenters. The number of nitrogens with zero attached hydrogens (tertiary/aromatic N) is 1. The summed E-state index contributed by atoms with van der Waals surface area (Å²) in [6.45, 7) is 4.98. The number of likely N-dealkylation sites (tertiary alicyclic amines) is 1. The molecule has 0 radical (unpaired) electrons. The van der Waals surface area contributed by atoms with Crippen LogP contribution in [0, 0.1) is 9.49 Å². The van der Waals surface area contributed by atoms with Crippen LogP contribution in [0.15, 0.2) is 24.3 Å². The normalized spacial score (nSPS) is 21.4. The van der Waals surface area contributed by atoms with E-state index in [0.717, 1.165) is 24.6 Å². The first kappa shape index (κ1) is 13.0. The molecule has 2 rings (SSSR count). The van der Waals surface area contributed by atoms with E-state index in [9.17, 15) is 4.79 Å². The maximum absolute atomic E-state index is 12.1. The molecule has 1 saturated heterocycles. The lowest BCUT2D eigenvalue weighted by molar-refractivity contribution is 0.0893. The molecule has 2 nitrogen and oxygen atoms in total. The smallest absolute Gasteiger partial charge is 0.176 e. The van der Waals surface area contributed by atoms with Gasteiger partial charge in [-0.3, -0.25) is 9.69 Å². The van der Waals surface area contributed by atoms with Crippen molar-refractivity contribution in [3.05, 3.63) is 33.4 Å². The topological polar surface area (TPSA) is 20.3 Å². The summed E-state index contributed by atoms with van der Waals surface area (Å²) in [5.41, 5.74) is 0.837. The Balaban J connectivity index is 1.94. The minimum Gasteiger partial charge on any atom is -0.296 e. The Bertz CT molecular complexity index is 388. The summed E-state index contributed by atoms with van der Waals surface area (Å²) in [4.78, 5) is 14.4. The number of hydrogen-bond donors (Lipinski definition) is 0. The number of benzene rings is 1. The quantitative estimate of drug-likeness (QED) is 0.621. The molecule has 17 heavy (non-hydrogen) atoms. The lowest BCUT2D eigenvalue weighted by atomic mass is 9.99. The van der Waals surface area contributed by atoms with Crippen molar-refractivity contribution >= 4 is 28.4 Å². The van der Waals surface area contributed by atoms with Gasteiger partial charge in [0.1, 0.15) is 0 Å². The van der Waals surface area contributed by atoms with E-state index in [-0.39, 0.29) is 5.78 Å². The monoisotopic (exact) mass is 343 g/mol. The standard InChI is InChI=1S/C14H18INO/c1-11-3-2-8-16(9-11)10-14(17)12-4-6-13(15)7-5-12/h4-7,11H,2-3,8-10H2,1H3. The fourth-order valence-corrected chi connectivity index (χ4v) is 2.72. The molecule has 0 aromatic heterocycles. The van der Waals surface area contributed by atoms with Crippen molar-refractivity contribution in [2.24, 2.45) is 5.92 Å². The molecular formula is C14H18INO.